The molecule has 0 aliphatic carbocycles. The van der Waals surface area contributed by atoms with Gasteiger partial charge >= 0.3 is 0 Å². The van der Waals surface area contributed by atoms with Gasteiger partial charge in [-0.25, -0.2) is 0 Å². The first-order valence-corrected chi connectivity index (χ1v) is 9.17. The molecule has 0 saturated heterocycles. The molecule has 0 bridgehead atoms. The van der Waals surface area contributed by atoms with E-state index in [9.17, 15) is 4.79 Å². The molecular weight excluding hydrogens is 370 g/mol. The van der Waals surface area contributed by atoms with Crippen LogP contribution in [0, 0.1) is 6.92 Å². The number of hydrogen-bond acceptors (Lipinski definition) is 6. The molecule has 29 heavy (non-hydrogen) atoms. The van der Waals surface area contributed by atoms with Gasteiger partial charge in [0.15, 0.2) is 0 Å². The minimum Gasteiger partial charge on any atom is -0.469 e. The zero-order chi connectivity index (χ0) is 20.1. The van der Waals surface area contributed by atoms with E-state index >= 15 is 0 Å². The van der Waals surface area contributed by atoms with Gasteiger partial charge in [0.25, 0.3) is 5.89 Å². The molecule has 0 saturated carbocycles. The molecule has 4 rings (SSSR count). The van der Waals surface area contributed by atoms with Gasteiger partial charge in [0.2, 0.25) is 11.8 Å². The number of nitrogens with one attached hydrogen (secondary N) is 1. The third kappa shape index (κ3) is 4.70. The van der Waals surface area contributed by atoms with E-state index in [0.717, 1.165) is 11.3 Å². The van der Waals surface area contributed by atoms with Gasteiger partial charge in [0.05, 0.1) is 11.8 Å². The molecule has 0 atom stereocenters. The van der Waals surface area contributed by atoms with Crippen molar-refractivity contribution in [2.75, 3.05) is 5.32 Å². The number of aryl methyl sites for hydroxylation is 2. The van der Waals surface area contributed by atoms with Gasteiger partial charge < -0.3 is 18.9 Å². The Morgan fingerprint density at radius 2 is 1.76 bits per heavy atom. The van der Waals surface area contributed by atoms with E-state index in [2.05, 4.69) is 15.5 Å². The van der Waals surface area contributed by atoms with Crippen molar-refractivity contribution in [1.82, 2.24) is 10.2 Å². The van der Waals surface area contributed by atoms with E-state index in [1.54, 1.807) is 36.6 Å². The fourth-order valence-electron chi connectivity index (χ4n) is 2.75. The van der Waals surface area contributed by atoms with E-state index in [-0.39, 0.29) is 12.3 Å². The number of carbonyl (C=O) groups excluding carboxylic acids is 1. The summed E-state index contributed by atoms with van der Waals surface area (Å²) in [5.41, 5.74) is 1.45. The van der Waals surface area contributed by atoms with Crippen LogP contribution in [0.15, 0.2) is 75.8 Å². The van der Waals surface area contributed by atoms with E-state index in [1.165, 1.54) is 0 Å². The van der Waals surface area contributed by atoms with Crippen LogP contribution in [-0.2, 0) is 11.2 Å². The molecule has 1 amide bonds. The van der Waals surface area contributed by atoms with Crippen LogP contribution in [0.2, 0.25) is 0 Å². The highest BCUT2D eigenvalue weighted by atomic mass is 16.5. The fourth-order valence-corrected chi connectivity index (χ4v) is 2.75. The average molecular weight is 389 g/mol. The third-order valence-corrected chi connectivity index (χ3v) is 4.24. The zero-order valence-corrected chi connectivity index (χ0v) is 15.8. The van der Waals surface area contributed by atoms with Gasteiger partial charge in [-0.3, -0.25) is 4.79 Å². The number of ether oxygens (including phenoxy) is 1. The maximum absolute atomic E-state index is 12.2. The first-order valence-electron chi connectivity index (χ1n) is 9.17. The van der Waals surface area contributed by atoms with E-state index in [0.29, 0.717) is 35.4 Å². The van der Waals surface area contributed by atoms with Crippen LogP contribution >= 0.6 is 0 Å². The predicted molar refractivity (Wildman–Crippen MR) is 107 cm³/mol. The SMILES string of the molecule is Cc1occc1-c1nnc(CCC(=O)Nc2ccc(Oc3ccccc3)cc2)o1. The number of nitrogens with zero attached hydrogens (tertiary/aromatic N) is 2. The molecule has 0 spiro atoms. The number of anilines is 1. The topological polar surface area (TPSA) is 90.4 Å². The molecule has 2 aromatic carbocycles. The van der Waals surface area contributed by atoms with E-state index < -0.39 is 0 Å². The summed E-state index contributed by atoms with van der Waals surface area (Å²) in [7, 11) is 0. The van der Waals surface area contributed by atoms with E-state index in [1.807, 2.05) is 37.3 Å². The van der Waals surface area contributed by atoms with E-state index in [4.69, 9.17) is 13.6 Å². The highest BCUT2D eigenvalue weighted by Gasteiger charge is 2.14. The highest BCUT2D eigenvalue weighted by Crippen LogP contribution is 2.24. The van der Waals surface area contributed by atoms with Crippen LogP contribution in [-0.4, -0.2) is 16.1 Å². The molecule has 0 aliphatic rings. The lowest BCUT2D eigenvalue weighted by molar-refractivity contribution is -0.116. The van der Waals surface area contributed by atoms with Crippen LogP contribution < -0.4 is 10.1 Å². The Balaban J connectivity index is 1.29. The molecule has 0 fully saturated rings. The number of amides is 1. The minimum absolute atomic E-state index is 0.138. The zero-order valence-electron chi connectivity index (χ0n) is 15.8. The van der Waals surface area contributed by atoms with Gasteiger partial charge in [-0.1, -0.05) is 18.2 Å². The number of aromatic nitrogens is 2. The van der Waals surface area contributed by atoms with Crippen LogP contribution in [0.25, 0.3) is 11.5 Å². The number of benzene rings is 2. The van der Waals surface area contributed by atoms with Gasteiger partial charge in [0, 0.05) is 18.5 Å². The van der Waals surface area contributed by atoms with Gasteiger partial charge in [-0.15, -0.1) is 10.2 Å². The van der Waals surface area contributed by atoms with Crippen LogP contribution in [0.4, 0.5) is 5.69 Å². The summed E-state index contributed by atoms with van der Waals surface area (Å²) in [4.78, 5) is 12.2. The Hall–Kier alpha value is -3.87. The van der Waals surface area contributed by atoms with Crippen molar-refractivity contribution < 1.29 is 18.4 Å². The maximum Gasteiger partial charge on any atom is 0.251 e. The molecule has 1 N–H and O–H groups in total. The summed E-state index contributed by atoms with van der Waals surface area (Å²) in [5.74, 6) is 2.82. The number of para-hydroxylation sites is 1. The quantitative estimate of drug-likeness (QED) is 0.478. The number of rotatable bonds is 7. The summed E-state index contributed by atoms with van der Waals surface area (Å²) < 4.78 is 16.6. The first kappa shape index (κ1) is 18.5. The van der Waals surface area contributed by atoms with Crippen molar-refractivity contribution in [2.45, 2.75) is 19.8 Å². The van der Waals surface area contributed by atoms with Crippen molar-refractivity contribution in [1.29, 1.82) is 0 Å². The third-order valence-electron chi connectivity index (χ3n) is 4.24. The monoisotopic (exact) mass is 389 g/mol. The number of furan rings is 1. The molecule has 0 aliphatic heterocycles. The maximum atomic E-state index is 12.2. The molecule has 7 heteroatoms. The normalized spacial score (nSPS) is 10.7. The molecule has 146 valence electrons. The molecule has 4 aromatic rings. The Bertz CT molecular complexity index is 1080. The second-order valence-corrected chi connectivity index (χ2v) is 6.38. The Labute approximate surface area is 167 Å². The summed E-state index contributed by atoms with van der Waals surface area (Å²) in [6.07, 6.45) is 2.15. The van der Waals surface area contributed by atoms with Crippen LogP contribution in [0.3, 0.4) is 0 Å². The number of carbonyl (C=O) groups is 1. The molecule has 7 nitrogen and oxygen atoms in total. The predicted octanol–water partition coefficient (Wildman–Crippen LogP) is 5.00. The van der Waals surface area contributed by atoms with Crippen molar-refractivity contribution in [3.63, 3.8) is 0 Å². The Morgan fingerprint density at radius 3 is 2.48 bits per heavy atom. The Kier molecular flexibility index (Phi) is 5.38. The molecule has 0 radical (unpaired) electrons. The van der Waals surface area contributed by atoms with Gasteiger partial charge in [0.1, 0.15) is 17.3 Å². The molecule has 2 heterocycles. The lowest BCUT2D eigenvalue weighted by Crippen LogP contribution is -2.12. The highest BCUT2D eigenvalue weighted by molar-refractivity contribution is 5.90. The average Bonchev–Trinajstić information content (AvgIpc) is 3.37. The number of hydrogen-bond donors (Lipinski definition) is 1. The van der Waals surface area contributed by atoms with Gasteiger partial charge in [-0.05, 0) is 49.4 Å². The first-order chi connectivity index (χ1) is 14.2. The fraction of sp³-hybridized carbons (Fsp3) is 0.136. The lowest BCUT2D eigenvalue weighted by Gasteiger charge is -2.07. The Morgan fingerprint density at radius 1 is 1.00 bits per heavy atom. The molecular formula is C22H19N3O4. The minimum atomic E-state index is -0.138. The van der Waals surface area contributed by atoms with Crippen molar-refractivity contribution in [2.24, 2.45) is 0 Å². The second-order valence-electron chi connectivity index (χ2n) is 6.38. The summed E-state index contributed by atoms with van der Waals surface area (Å²) in [5, 5.41) is 10.8. The van der Waals surface area contributed by atoms with Crippen LogP contribution in [0.1, 0.15) is 18.1 Å². The van der Waals surface area contributed by atoms with Crippen LogP contribution in [0.5, 0.6) is 11.5 Å². The molecule has 2 aromatic heterocycles. The van der Waals surface area contributed by atoms with Crippen molar-refractivity contribution in [3.8, 4) is 23.0 Å². The standard InChI is InChI=1S/C22H19N3O4/c1-15-19(13-14-27-15)22-25-24-21(29-22)12-11-20(26)23-16-7-9-18(10-8-16)28-17-5-3-2-4-6-17/h2-10,13-14H,11-12H2,1H3,(H,23,26). The van der Waals surface area contributed by atoms with Crippen molar-refractivity contribution in [3.05, 3.63) is 78.6 Å². The summed E-state index contributed by atoms with van der Waals surface area (Å²) in [6, 6.07) is 18.5. The largest absolute Gasteiger partial charge is 0.469 e. The van der Waals surface area contributed by atoms with Gasteiger partial charge in [-0.2, -0.15) is 0 Å². The summed E-state index contributed by atoms with van der Waals surface area (Å²) >= 11 is 0. The second kappa shape index (κ2) is 8.43. The molecule has 0 unspecified atom stereocenters. The van der Waals surface area contributed by atoms with Crippen molar-refractivity contribution >= 4 is 11.6 Å². The summed E-state index contributed by atoms with van der Waals surface area (Å²) in [6.45, 7) is 1.82. The lowest BCUT2D eigenvalue weighted by atomic mass is 10.2. The smallest absolute Gasteiger partial charge is 0.251 e.